The number of hydrogen-bond acceptors (Lipinski definition) is 5. The Morgan fingerprint density at radius 2 is 2.14 bits per heavy atom. The number of fused-ring (bicyclic) bond motifs is 1. The lowest BCUT2D eigenvalue weighted by molar-refractivity contribution is -0.859. The lowest BCUT2D eigenvalue weighted by Crippen LogP contribution is -3.06. The Kier molecular flexibility index (Phi) is 6.97. The Hall–Kier alpha value is -2.32. The highest BCUT2D eigenvalue weighted by Crippen LogP contribution is 2.30. The molecule has 156 valence electrons. The molecule has 0 aliphatic heterocycles. The largest absolute Gasteiger partial charge is 0.495 e. The highest BCUT2D eigenvalue weighted by Gasteiger charge is 2.23. The molecule has 0 saturated carbocycles. The van der Waals surface area contributed by atoms with Crippen LogP contribution in [0.4, 0.5) is 5.69 Å². The molecule has 0 atom stereocenters. The fourth-order valence-electron chi connectivity index (χ4n) is 3.51. The van der Waals surface area contributed by atoms with Crippen molar-refractivity contribution in [2.24, 2.45) is 0 Å². The summed E-state index contributed by atoms with van der Waals surface area (Å²) < 4.78 is 7.13. The fourth-order valence-corrected chi connectivity index (χ4v) is 4.39. The minimum Gasteiger partial charge on any atom is -0.495 e. The standard InChI is InChI=1S/C21H28N4O3S/c1-14-8-9-18(28-4)16(12-14)22-19(26)13-29-20-15-6-5-7-17(15)25(21(27)23-20)11-10-24(2)3/h8-9,12H,5-7,10-11,13H2,1-4H3,(H,22,26)/p+1. The lowest BCUT2D eigenvalue weighted by atomic mass is 10.2. The molecular weight excluding hydrogens is 388 g/mol. The van der Waals surface area contributed by atoms with E-state index in [2.05, 4.69) is 24.4 Å². The molecule has 1 aliphatic carbocycles. The van der Waals surface area contributed by atoms with Gasteiger partial charge in [0.05, 0.1) is 45.7 Å². The summed E-state index contributed by atoms with van der Waals surface area (Å²) in [7, 11) is 5.73. The third kappa shape index (κ3) is 5.19. The second kappa shape index (κ2) is 9.45. The second-order valence-electron chi connectivity index (χ2n) is 7.63. The van der Waals surface area contributed by atoms with Gasteiger partial charge in [-0.1, -0.05) is 17.8 Å². The van der Waals surface area contributed by atoms with Gasteiger partial charge < -0.3 is 15.0 Å². The first kappa shape index (κ1) is 21.4. The Bertz CT molecular complexity index is 956. The number of likely N-dealkylation sites (N-methyl/N-ethyl adjacent to an activating group) is 1. The van der Waals surface area contributed by atoms with Gasteiger partial charge in [0, 0.05) is 11.3 Å². The number of amides is 1. The van der Waals surface area contributed by atoms with Gasteiger partial charge in [-0.2, -0.15) is 4.98 Å². The van der Waals surface area contributed by atoms with E-state index in [0.717, 1.165) is 42.6 Å². The van der Waals surface area contributed by atoms with E-state index >= 15 is 0 Å². The van der Waals surface area contributed by atoms with Crippen LogP contribution in [0.25, 0.3) is 0 Å². The molecule has 0 spiro atoms. The van der Waals surface area contributed by atoms with Gasteiger partial charge in [-0.15, -0.1) is 0 Å². The van der Waals surface area contributed by atoms with Crippen LogP contribution in [-0.4, -0.2) is 49.0 Å². The van der Waals surface area contributed by atoms with Crippen molar-refractivity contribution in [3.63, 3.8) is 0 Å². The molecule has 0 fully saturated rings. The zero-order valence-corrected chi connectivity index (χ0v) is 18.3. The number of carbonyl (C=O) groups is 1. The van der Waals surface area contributed by atoms with Gasteiger partial charge in [0.2, 0.25) is 5.91 Å². The second-order valence-corrected chi connectivity index (χ2v) is 8.59. The van der Waals surface area contributed by atoms with Crippen molar-refractivity contribution < 1.29 is 14.4 Å². The molecule has 7 nitrogen and oxygen atoms in total. The number of rotatable bonds is 8. The van der Waals surface area contributed by atoms with Gasteiger partial charge in [0.15, 0.2) is 0 Å². The molecular formula is C21H29N4O3S+. The zero-order chi connectivity index (χ0) is 21.0. The Labute approximate surface area is 175 Å². The van der Waals surface area contributed by atoms with E-state index in [1.54, 1.807) is 7.11 Å². The first-order valence-electron chi connectivity index (χ1n) is 9.88. The van der Waals surface area contributed by atoms with Crippen LogP contribution in [0.15, 0.2) is 28.0 Å². The lowest BCUT2D eigenvalue weighted by Gasteiger charge is -2.15. The number of hydrogen-bond donors (Lipinski definition) is 2. The van der Waals surface area contributed by atoms with Crippen LogP contribution in [0.2, 0.25) is 0 Å². The number of aryl methyl sites for hydroxylation is 1. The van der Waals surface area contributed by atoms with E-state index in [9.17, 15) is 9.59 Å². The van der Waals surface area contributed by atoms with Gasteiger partial charge in [-0.3, -0.25) is 9.36 Å². The van der Waals surface area contributed by atoms with Gasteiger partial charge in [-0.05, 0) is 43.9 Å². The Balaban J connectivity index is 1.72. The topological polar surface area (TPSA) is 77.7 Å². The van der Waals surface area contributed by atoms with Crippen molar-refractivity contribution in [1.82, 2.24) is 9.55 Å². The summed E-state index contributed by atoms with van der Waals surface area (Å²) in [5.74, 6) is 0.674. The van der Waals surface area contributed by atoms with E-state index in [1.165, 1.54) is 16.7 Å². The Morgan fingerprint density at radius 1 is 1.34 bits per heavy atom. The smallest absolute Gasteiger partial charge is 0.349 e. The maximum atomic E-state index is 12.6. The average Bonchev–Trinajstić information content (AvgIpc) is 3.15. The highest BCUT2D eigenvalue weighted by atomic mass is 32.2. The van der Waals surface area contributed by atoms with Crippen LogP contribution < -0.4 is 20.6 Å². The zero-order valence-electron chi connectivity index (χ0n) is 17.5. The first-order valence-corrected chi connectivity index (χ1v) is 10.9. The fraction of sp³-hybridized carbons (Fsp3) is 0.476. The molecule has 1 aromatic carbocycles. The predicted octanol–water partition coefficient (Wildman–Crippen LogP) is 0.924. The van der Waals surface area contributed by atoms with Crippen molar-refractivity contribution in [2.75, 3.05) is 38.8 Å². The molecule has 0 saturated heterocycles. The maximum Gasteiger partial charge on any atom is 0.349 e. The van der Waals surface area contributed by atoms with Crippen LogP contribution in [-0.2, 0) is 24.2 Å². The molecule has 29 heavy (non-hydrogen) atoms. The number of anilines is 1. The van der Waals surface area contributed by atoms with Crippen molar-refractivity contribution >= 4 is 23.4 Å². The third-order valence-corrected chi connectivity index (χ3v) is 6.02. The number of thioether (sulfide) groups is 1. The van der Waals surface area contributed by atoms with E-state index in [0.29, 0.717) is 23.0 Å². The Morgan fingerprint density at radius 3 is 2.86 bits per heavy atom. The molecule has 1 heterocycles. The summed E-state index contributed by atoms with van der Waals surface area (Å²) in [6, 6.07) is 5.65. The number of benzene rings is 1. The summed E-state index contributed by atoms with van der Waals surface area (Å²) in [5, 5.41) is 3.60. The maximum absolute atomic E-state index is 12.6. The van der Waals surface area contributed by atoms with Crippen molar-refractivity contribution in [1.29, 1.82) is 0 Å². The summed E-state index contributed by atoms with van der Waals surface area (Å²) in [6.45, 7) is 3.51. The van der Waals surface area contributed by atoms with Crippen LogP contribution >= 0.6 is 11.8 Å². The van der Waals surface area contributed by atoms with E-state index in [-0.39, 0.29) is 17.3 Å². The van der Waals surface area contributed by atoms with Crippen molar-refractivity contribution in [3.8, 4) is 5.75 Å². The van der Waals surface area contributed by atoms with Crippen molar-refractivity contribution in [3.05, 3.63) is 45.5 Å². The van der Waals surface area contributed by atoms with E-state index in [1.807, 2.05) is 29.7 Å². The van der Waals surface area contributed by atoms with Crippen LogP contribution in [0.5, 0.6) is 5.75 Å². The number of methoxy groups -OCH3 is 1. The van der Waals surface area contributed by atoms with Crippen LogP contribution in [0.1, 0.15) is 23.2 Å². The van der Waals surface area contributed by atoms with Gasteiger partial charge in [0.25, 0.3) is 0 Å². The number of carbonyl (C=O) groups excluding carboxylic acids is 1. The summed E-state index contributed by atoms with van der Waals surface area (Å²) >= 11 is 1.34. The number of quaternary nitrogens is 1. The van der Waals surface area contributed by atoms with Gasteiger partial charge in [-0.25, -0.2) is 4.79 Å². The molecule has 1 aliphatic rings. The molecule has 0 unspecified atom stereocenters. The molecule has 0 radical (unpaired) electrons. The molecule has 0 bridgehead atoms. The molecule has 2 N–H and O–H groups in total. The van der Waals surface area contributed by atoms with E-state index in [4.69, 9.17) is 4.74 Å². The molecule has 1 aromatic heterocycles. The number of ether oxygens (including phenoxy) is 1. The van der Waals surface area contributed by atoms with E-state index < -0.39 is 0 Å². The van der Waals surface area contributed by atoms with Crippen molar-refractivity contribution in [2.45, 2.75) is 37.8 Å². The number of nitrogens with zero attached hydrogens (tertiary/aromatic N) is 2. The first-order chi connectivity index (χ1) is 13.9. The number of nitrogens with one attached hydrogen (secondary N) is 2. The average molecular weight is 418 g/mol. The highest BCUT2D eigenvalue weighted by molar-refractivity contribution is 8.00. The molecule has 3 rings (SSSR count). The van der Waals surface area contributed by atoms with Crippen LogP contribution in [0.3, 0.4) is 0 Å². The predicted molar refractivity (Wildman–Crippen MR) is 115 cm³/mol. The molecule has 1 amide bonds. The molecule has 2 aromatic rings. The minimum absolute atomic E-state index is 0.146. The normalized spacial score (nSPS) is 12.9. The summed E-state index contributed by atoms with van der Waals surface area (Å²) in [6.07, 6.45) is 2.83. The summed E-state index contributed by atoms with van der Waals surface area (Å²) in [4.78, 5) is 30.7. The van der Waals surface area contributed by atoms with Gasteiger partial charge in [0.1, 0.15) is 10.8 Å². The third-order valence-electron chi connectivity index (χ3n) is 5.01. The monoisotopic (exact) mass is 417 g/mol. The number of aromatic nitrogens is 2. The molecule has 8 heteroatoms. The summed E-state index contributed by atoms with van der Waals surface area (Å²) in [5.41, 5.74) is 3.70. The van der Waals surface area contributed by atoms with Gasteiger partial charge >= 0.3 is 5.69 Å². The SMILES string of the molecule is COc1ccc(C)cc1NC(=O)CSc1nc(=O)n(CC[NH+](C)C)c2c1CCC2. The quantitative estimate of drug-likeness (QED) is 0.494. The minimum atomic E-state index is -0.213. The van der Waals surface area contributed by atoms with Crippen LogP contribution in [0, 0.1) is 6.92 Å².